The summed E-state index contributed by atoms with van der Waals surface area (Å²) in [5.41, 5.74) is 0. The van der Waals surface area contributed by atoms with Crippen LogP contribution < -0.4 is 5.32 Å². The summed E-state index contributed by atoms with van der Waals surface area (Å²) in [7, 11) is 0. The highest BCUT2D eigenvalue weighted by molar-refractivity contribution is 9.10. The predicted octanol–water partition coefficient (Wildman–Crippen LogP) is 0.895. The molecule has 0 radical (unpaired) electrons. The SMILES string of the molecule is C#CCNCc1ncc(Br)[nH]1. The van der Waals surface area contributed by atoms with E-state index in [-0.39, 0.29) is 0 Å². The van der Waals surface area contributed by atoms with Crippen LogP contribution in [-0.4, -0.2) is 16.5 Å². The highest BCUT2D eigenvalue weighted by Crippen LogP contribution is 2.03. The Bertz CT molecular complexity index is 261. The Balaban J connectivity index is 2.34. The third-order valence-electron chi connectivity index (χ3n) is 1.12. The molecule has 0 amide bonds. The second-order valence-corrected chi connectivity index (χ2v) is 2.84. The quantitative estimate of drug-likeness (QED) is 0.579. The zero-order chi connectivity index (χ0) is 8.10. The second-order valence-electron chi connectivity index (χ2n) is 1.99. The van der Waals surface area contributed by atoms with Crippen molar-refractivity contribution < 1.29 is 0 Å². The number of terminal acetylenes is 1. The van der Waals surface area contributed by atoms with Crippen molar-refractivity contribution in [3.8, 4) is 12.3 Å². The molecule has 0 aliphatic rings. The lowest BCUT2D eigenvalue weighted by Gasteiger charge is -1.94. The van der Waals surface area contributed by atoms with Crippen LogP contribution in [0.1, 0.15) is 5.82 Å². The number of halogens is 1. The molecule has 0 unspecified atom stereocenters. The summed E-state index contributed by atoms with van der Waals surface area (Å²) in [4.78, 5) is 7.06. The van der Waals surface area contributed by atoms with E-state index < -0.39 is 0 Å². The number of nitrogens with one attached hydrogen (secondary N) is 2. The highest BCUT2D eigenvalue weighted by atomic mass is 79.9. The van der Waals surface area contributed by atoms with E-state index in [2.05, 4.69) is 37.1 Å². The van der Waals surface area contributed by atoms with Crippen molar-refractivity contribution in [2.75, 3.05) is 6.54 Å². The molecule has 1 aromatic rings. The summed E-state index contributed by atoms with van der Waals surface area (Å²) >= 11 is 3.25. The average Bonchev–Trinajstić information content (AvgIpc) is 2.37. The second kappa shape index (κ2) is 4.16. The van der Waals surface area contributed by atoms with E-state index in [9.17, 15) is 0 Å². The maximum atomic E-state index is 5.05. The number of hydrogen-bond donors (Lipinski definition) is 2. The zero-order valence-electron chi connectivity index (χ0n) is 5.89. The Kier molecular flexibility index (Phi) is 3.14. The number of nitrogens with zero attached hydrogens (tertiary/aromatic N) is 1. The van der Waals surface area contributed by atoms with E-state index in [1.807, 2.05) is 0 Å². The monoisotopic (exact) mass is 213 g/mol. The average molecular weight is 214 g/mol. The fourth-order valence-corrected chi connectivity index (χ4v) is 1.01. The van der Waals surface area contributed by atoms with Crippen molar-refractivity contribution in [1.29, 1.82) is 0 Å². The molecular formula is C7H8BrN3. The van der Waals surface area contributed by atoms with Crippen LogP contribution in [-0.2, 0) is 6.54 Å². The molecule has 0 bridgehead atoms. The van der Waals surface area contributed by atoms with Gasteiger partial charge < -0.3 is 4.98 Å². The number of hydrogen-bond acceptors (Lipinski definition) is 2. The Morgan fingerprint density at radius 3 is 3.18 bits per heavy atom. The predicted molar refractivity (Wildman–Crippen MR) is 46.8 cm³/mol. The van der Waals surface area contributed by atoms with E-state index in [1.54, 1.807) is 6.20 Å². The maximum Gasteiger partial charge on any atom is 0.120 e. The van der Waals surface area contributed by atoms with E-state index in [4.69, 9.17) is 6.42 Å². The summed E-state index contributed by atoms with van der Waals surface area (Å²) in [5.74, 6) is 3.36. The van der Waals surface area contributed by atoms with Crippen molar-refractivity contribution >= 4 is 15.9 Å². The summed E-state index contributed by atoms with van der Waals surface area (Å²) in [6.07, 6.45) is 6.76. The Labute approximate surface area is 73.7 Å². The summed E-state index contributed by atoms with van der Waals surface area (Å²) in [6, 6.07) is 0. The first-order valence-corrected chi connectivity index (χ1v) is 3.96. The van der Waals surface area contributed by atoms with Gasteiger partial charge in [-0.15, -0.1) is 6.42 Å². The molecule has 4 heteroatoms. The third kappa shape index (κ3) is 2.74. The summed E-state index contributed by atoms with van der Waals surface area (Å²) in [6.45, 7) is 1.24. The van der Waals surface area contributed by atoms with Crippen molar-refractivity contribution in [2.45, 2.75) is 6.54 Å². The molecule has 2 N–H and O–H groups in total. The highest BCUT2D eigenvalue weighted by Gasteiger charge is 1.94. The van der Waals surface area contributed by atoms with Gasteiger partial charge in [-0.3, -0.25) is 5.32 Å². The first-order valence-electron chi connectivity index (χ1n) is 3.16. The summed E-state index contributed by atoms with van der Waals surface area (Å²) in [5, 5.41) is 3.01. The van der Waals surface area contributed by atoms with Crippen LogP contribution in [0, 0.1) is 12.3 Å². The van der Waals surface area contributed by atoms with Crippen LogP contribution in [0.15, 0.2) is 10.8 Å². The molecule has 0 aliphatic heterocycles. The van der Waals surface area contributed by atoms with Crippen LogP contribution >= 0.6 is 15.9 Å². The zero-order valence-corrected chi connectivity index (χ0v) is 7.48. The van der Waals surface area contributed by atoms with Gasteiger partial charge in [0, 0.05) is 0 Å². The minimum atomic E-state index is 0.568. The minimum absolute atomic E-state index is 0.568. The van der Waals surface area contributed by atoms with Gasteiger partial charge in [-0.05, 0) is 15.9 Å². The van der Waals surface area contributed by atoms with E-state index in [1.165, 1.54) is 0 Å². The Morgan fingerprint density at radius 2 is 2.64 bits per heavy atom. The molecule has 1 aromatic heterocycles. The van der Waals surface area contributed by atoms with Crippen LogP contribution in [0.3, 0.4) is 0 Å². The molecule has 0 atom stereocenters. The molecule has 0 fully saturated rings. The third-order valence-corrected chi connectivity index (χ3v) is 1.52. The fourth-order valence-electron chi connectivity index (χ4n) is 0.680. The number of H-pyrrole nitrogens is 1. The van der Waals surface area contributed by atoms with Gasteiger partial charge in [0.1, 0.15) is 10.4 Å². The number of aromatic amines is 1. The number of imidazole rings is 1. The van der Waals surface area contributed by atoms with Gasteiger partial charge >= 0.3 is 0 Å². The molecule has 0 aromatic carbocycles. The topological polar surface area (TPSA) is 40.7 Å². The van der Waals surface area contributed by atoms with Crippen LogP contribution in [0.25, 0.3) is 0 Å². The van der Waals surface area contributed by atoms with Gasteiger partial charge in [0.25, 0.3) is 0 Å². The maximum absolute atomic E-state index is 5.05. The van der Waals surface area contributed by atoms with Gasteiger partial charge in [-0.25, -0.2) is 4.98 Å². The molecule has 0 saturated carbocycles. The van der Waals surface area contributed by atoms with Crippen molar-refractivity contribution in [2.24, 2.45) is 0 Å². The normalized spacial score (nSPS) is 9.45. The van der Waals surface area contributed by atoms with E-state index in [0.717, 1.165) is 10.4 Å². The van der Waals surface area contributed by atoms with Crippen molar-refractivity contribution in [3.05, 3.63) is 16.6 Å². The standard InChI is InChI=1S/C7H8BrN3/c1-2-3-9-5-7-10-4-6(8)11-7/h1,4,9H,3,5H2,(H,10,11). The molecule has 0 saturated heterocycles. The minimum Gasteiger partial charge on any atom is -0.336 e. The van der Waals surface area contributed by atoms with E-state index >= 15 is 0 Å². The molecule has 58 valence electrons. The van der Waals surface area contributed by atoms with Gasteiger partial charge in [-0.2, -0.15) is 0 Å². The van der Waals surface area contributed by atoms with Gasteiger partial charge in [-0.1, -0.05) is 5.92 Å². The van der Waals surface area contributed by atoms with Gasteiger partial charge in [0.15, 0.2) is 0 Å². The largest absolute Gasteiger partial charge is 0.336 e. The Morgan fingerprint density at radius 1 is 1.82 bits per heavy atom. The Hall–Kier alpha value is -0.790. The van der Waals surface area contributed by atoms with Gasteiger partial charge in [0.2, 0.25) is 0 Å². The lowest BCUT2D eigenvalue weighted by molar-refractivity contribution is 0.733. The first kappa shape index (κ1) is 8.31. The molecule has 0 spiro atoms. The van der Waals surface area contributed by atoms with Crippen molar-refractivity contribution in [1.82, 2.24) is 15.3 Å². The van der Waals surface area contributed by atoms with E-state index in [0.29, 0.717) is 13.1 Å². The molecule has 1 heterocycles. The lowest BCUT2D eigenvalue weighted by Crippen LogP contribution is -2.13. The van der Waals surface area contributed by atoms with Crippen molar-refractivity contribution in [3.63, 3.8) is 0 Å². The molecular weight excluding hydrogens is 206 g/mol. The van der Waals surface area contributed by atoms with Crippen LogP contribution in [0.4, 0.5) is 0 Å². The number of rotatable bonds is 3. The smallest absolute Gasteiger partial charge is 0.120 e. The molecule has 1 rings (SSSR count). The molecule has 11 heavy (non-hydrogen) atoms. The lowest BCUT2D eigenvalue weighted by atomic mass is 10.5. The fraction of sp³-hybridized carbons (Fsp3) is 0.286. The molecule has 0 aliphatic carbocycles. The van der Waals surface area contributed by atoms with Gasteiger partial charge in [0.05, 0.1) is 19.3 Å². The van der Waals surface area contributed by atoms with Crippen LogP contribution in [0.2, 0.25) is 0 Å². The number of aromatic nitrogens is 2. The molecule has 3 nitrogen and oxygen atoms in total. The first-order chi connectivity index (χ1) is 5.33. The van der Waals surface area contributed by atoms with Crippen LogP contribution in [0.5, 0.6) is 0 Å². The summed E-state index contributed by atoms with van der Waals surface area (Å²) < 4.78 is 0.884.